The van der Waals surface area contributed by atoms with Crippen molar-refractivity contribution < 1.29 is 4.74 Å². The summed E-state index contributed by atoms with van der Waals surface area (Å²) in [6.07, 6.45) is 0.110. The number of fused-ring (bicyclic) bond motifs is 1. The number of aryl methyl sites for hydroxylation is 1. The number of para-hydroxylation sites is 2. The number of benzene rings is 2. The van der Waals surface area contributed by atoms with Crippen LogP contribution in [0, 0.1) is 6.92 Å². The van der Waals surface area contributed by atoms with Crippen LogP contribution >= 0.6 is 0 Å². The summed E-state index contributed by atoms with van der Waals surface area (Å²) in [4.78, 5) is 4.61. The second-order valence-electron chi connectivity index (χ2n) is 5.62. The third kappa shape index (κ3) is 2.92. The molecule has 3 aromatic rings. The minimum atomic E-state index is 0.110. The molecule has 0 saturated carbocycles. The molecular weight excluding hydrogens is 260 g/mol. The first-order chi connectivity index (χ1) is 10.1. The van der Waals surface area contributed by atoms with E-state index in [0.717, 1.165) is 17.6 Å². The van der Waals surface area contributed by atoms with Crippen molar-refractivity contribution in [2.45, 2.75) is 33.4 Å². The number of ether oxygens (including phenoxy) is 1. The first kappa shape index (κ1) is 13.7. The monoisotopic (exact) mass is 280 g/mol. The molecular formula is C18H20N2O. The van der Waals surface area contributed by atoms with Gasteiger partial charge in [-0.2, -0.15) is 4.98 Å². The molecule has 0 aliphatic carbocycles. The molecule has 1 aromatic heterocycles. The molecule has 3 heteroatoms. The van der Waals surface area contributed by atoms with Gasteiger partial charge in [-0.3, -0.25) is 4.57 Å². The van der Waals surface area contributed by atoms with Gasteiger partial charge < -0.3 is 4.74 Å². The van der Waals surface area contributed by atoms with Crippen molar-refractivity contribution in [3.05, 3.63) is 59.7 Å². The summed E-state index contributed by atoms with van der Waals surface area (Å²) in [6, 6.07) is 17.4. The van der Waals surface area contributed by atoms with Gasteiger partial charge in [-0.25, -0.2) is 0 Å². The van der Waals surface area contributed by atoms with Crippen LogP contribution in [0.1, 0.15) is 25.0 Å². The van der Waals surface area contributed by atoms with Crippen LogP contribution in [-0.4, -0.2) is 15.7 Å². The Bertz CT molecular complexity index is 742. The van der Waals surface area contributed by atoms with Gasteiger partial charge in [0, 0.05) is 0 Å². The van der Waals surface area contributed by atoms with Crippen LogP contribution in [0.5, 0.6) is 6.01 Å². The minimum absolute atomic E-state index is 0.110. The number of hydrogen-bond acceptors (Lipinski definition) is 2. The first-order valence-electron chi connectivity index (χ1n) is 7.31. The summed E-state index contributed by atoms with van der Waals surface area (Å²) in [5.41, 5.74) is 4.60. The fourth-order valence-corrected chi connectivity index (χ4v) is 2.38. The molecule has 3 rings (SSSR count). The van der Waals surface area contributed by atoms with Crippen LogP contribution in [0.3, 0.4) is 0 Å². The molecule has 0 amide bonds. The van der Waals surface area contributed by atoms with Crippen LogP contribution in [0.25, 0.3) is 11.0 Å². The molecule has 0 N–H and O–H groups in total. The smallest absolute Gasteiger partial charge is 0.297 e. The zero-order valence-corrected chi connectivity index (χ0v) is 12.7. The van der Waals surface area contributed by atoms with Crippen LogP contribution in [0.4, 0.5) is 0 Å². The molecule has 0 fully saturated rings. The molecule has 0 aliphatic heterocycles. The lowest BCUT2D eigenvalue weighted by molar-refractivity contribution is 0.214. The van der Waals surface area contributed by atoms with E-state index < -0.39 is 0 Å². The van der Waals surface area contributed by atoms with Crippen molar-refractivity contribution in [1.29, 1.82) is 0 Å². The molecule has 0 atom stereocenters. The normalized spacial score (nSPS) is 11.2. The molecule has 1 heterocycles. The molecule has 0 saturated heterocycles. The number of rotatable bonds is 4. The molecule has 2 aromatic carbocycles. The van der Waals surface area contributed by atoms with Gasteiger partial charge in [-0.05, 0) is 38.5 Å². The van der Waals surface area contributed by atoms with E-state index in [1.54, 1.807) is 0 Å². The Kier molecular flexibility index (Phi) is 3.65. The Labute approximate surface area is 125 Å². The Morgan fingerprint density at radius 1 is 1.05 bits per heavy atom. The summed E-state index contributed by atoms with van der Waals surface area (Å²) in [7, 11) is 0. The highest BCUT2D eigenvalue weighted by Gasteiger charge is 2.13. The molecule has 0 bridgehead atoms. The zero-order valence-electron chi connectivity index (χ0n) is 12.7. The average molecular weight is 280 g/mol. The number of imidazole rings is 1. The predicted octanol–water partition coefficient (Wildman–Crippen LogP) is 4.18. The second-order valence-corrected chi connectivity index (χ2v) is 5.62. The van der Waals surface area contributed by atoms with E-state index in [1.807, 2.05) is 32.0 Å². The van der Waals surface area contributed by atoms with Gasteiger partial charge in [0.05, 0.1) is 23.7 Å². The molecule has 0 unspecified atom stereocenters. The van der Waals surface area contributed by atoms with Gasteiger partial charge in [0.1, 0.15) is 0 Å². The quantitative estimate of drug-likeness (QED) is 0.717. The van der Waals surface area contributed by atoms with E-state index in [-0.39, 0.29) is 6.10 Å². The molecule has 0 spiro atoms. The lowest BCUT2D eigenvalue weighted by Gasteiger charge is -2.12. The number of hydrogen-bond donors (Lipinski definition) is 0. The van der Waals surface area contributed by atoms with Gasteiger partial charge in [0.2, 0.25) is 0 Å². The maximum Gasteiger partial charge on any atom is 0.297 e. The molecule has 108 valence electrons. The van der Waals surface area contributed by atoms with Crippen LogP contribution in [0.15, 0.2) is 48.5 Å². The molecule has 0 aliphatic rings. The van der Waals surface area contributed by atoms with Crippen molar-refractivity contribution in [1.82, 2.24) is 9.55 Å². The summed E-state index contributed by atoms with van der Waals surface area (Å²) in [5.74, 6) is 0. The fourth-order valence-electron chi connectivity index (χ4n) is 2.38. The summed E-state index contributed by atoms with van der Waals surface area (Å²) >= 11 is 0. The minimum Gasteiger partial charge on any atom is -0.462 e. The summed E-state index contributed by atoms with van der Waals surface area (Å²) in [6.45, 7) is 6.91. The van der Waals surface area contributed by atoms with E-state index in [0.29, 0.717) is 6.01 Å². The lowest BCUT2D eigenvalue weighted by atomic mass is 10.1. The van der Waals surface area contributed by atoms with Crippen LogP contribution in [0.2, 0.25) is 0 Å². The molecule has 0 radical (unpaired) electrons. The Balaban J connectivity index is 2.03. The van der Waals surface area contributed by atoms with Crippen molar-refractivity contribution in [2.75, 3.05) is 0 Å². The Hall–Kier alpha value is -2.29. The largest absolute Gasteiger partial charge is 0.462 e. The summed E-state index contributed by atoms with van der Waals surface area (Å²) < 4.78 is 8.02. The van der Waals surface area contributed by atoms with E-state index >= 15 is 0 Å². The second kappa shape index (κ2) is 5.60. The van der Waals surface area contributed by atoms with Crippen molar-refractivity contribution in [2.24, 2.45) is 0 Å². The zero-order chi connectivity index (χ0) is 14.8. The maximum atomic E-state index is 5.88. The molecule has 21 heavy (non-hydrogen) atoms. The summed E-state index contributed by atoms with van der Waals surface area (Å²) in [5, 5.41) is 0. The Morgan fingerprint density at radius 3 is 2.48 bits per heavy atom. The van der Waals surface area contributed by atoms with Crippen LogP contribution < -0.4 is 4.74 Å². The highest BCUT2D eigenvalue weighted by atomic mass is 16.5. The SMILES string of the molecule is Cc1ccc(Cn2c(OC(C)C)nc3ccccc32)cc1. The van der Waals surface area contributed by atoms with Crippen molar-refractivity contribution in [3.63, 3.8) is 0 Å². The van der Waals surface area contributed by atoms with Gasteiger partial charge in [-0.15, -0.1) is 0 Å². The first-order valence-corrected chi connectivity index (χ1v) is 7.31. The highest BCUT2D eigenvalue weighted by molar-refractivity contribution is 5.76. The molecule has 3 nitrogen and oxygen atoms in total. The lowest BCUT2D eigenvalue weighted by Crippen LogP contribution is -2.11. The number of aromatic nitrogens is 2. The van der Waals surface area contributed by atoms with E-state index in [4.69, 9.17) is 4.74 Å². The van der Waals surface area contributed by atoms with Gasteiger partial charge in [-0.1, -0.05) is 42.0 Å². The third-order valence-corrected chi connectivity index (χ3v) is 3.42. The van der Waals surface area contributed by atoms with Gasteiger partial charge >= 0.3 is 0 Å². The van der Waals surface area contributed by atoms with Crippen molar-refractivity contribution >= 4 is 11.0 Å². The van der Waals surface area contributed by atoms with E-state index in [2.05, 4.69) is 46.8 Å². The highest BCUT2D eigenvalue weighted by Crippen LogP contribution is 2.23. The maximum absolute atomic E-state index is 5.88. The predicted molar refractivity (Wildman–Crippen MR) is 85.8 cm³/mol. The third-order valence-electron chi connectivity index (χ3n) is 3.42. The standard InChI is InChI=1S/C18H20N2O/c1-13(2)21-18-19-16-6-4-5-7-17(16)20(18)12-15-10-8-14(3)9-11-15/h4-11,13H,12H2,1-3H3. The average Bonchev–Trinajstić information content (AvgIpc) is 2.78. The van der Waals surface area contributed by atoms with Gasteiger partial charge in [0.25, 0.3) is 6.01 Å². The van der Waals surface area contributed by atoms with E-state index in [1.165, 1.54) is 11.1 Å². The number of nitrogens with zero attached hydrogens (tertiary/aromatic N) is 2. The topological polar surface area (TPSA) is 27.1 Å². The van der Waals surface area contributed by atoms with Crippen molar-refractivity contribution in [3.8, 4) is 6.01 Å². The van der Waals surface area contributed by atoms with Gasteiger partial charge in [0.15, 0.2) is 0 Å². The Morgan fingerprint density at radius 2 is 1.76 bits per heavy atom. The van der Waals surface area contributed by atoms with E-state index in [9.17, 15) is 0 Å². The van der Waals surface area contributed by atoms with Crippen LogP contribution in [-0.2, 0) is 6.54 Å². The fraction of sp³-hybridized carbons (Fsp3) is 0.278.